The summed E-state index contributed by atoms with van der Waals surface area (Å²) in [4.78, 5) is 1.13. The van der Waals surface area contributed by atoms with Gasteiger partial charge in [0.25, 0.3) is 0 Å². The quantitative estimate of drug-likeness (QED) is 0.587. The van der Waals surface area contributed by atoms with E-state index in [4.69, 9.17) is 10.5 Å². The summed E-state index contributed by atoms with van der Waals surface area (Å²) in [6, 6.07) is 5.69. The van der Waals surface area contributed by atoms with Gasteiger partial charge in [0.05, 0.1) is 7.11 Å². The molecule has 1 rings (SSSR count). The van der Waals surface area contributed by atoms with Crippen molar-refractivity contribution in [3.05, 3.63) is 18.2 Å². The van der Waals surface area contributed by atoms with E-state index in [1.165, 1.54) is 0 Å². The molecule has 2 N–H and O–H groups in total. The maximum absolute atomic E-state index is 5.62. The van der Waals surface area contributed by atoms with Gasteiger partial charge in [0.2, 0.25) is 0 Å². The lowest BCUT2D eigenvalue weighted by Crippen LogP contribution is -1.88. The summed E-state index contributed by atoms with van der Waals surface area (Å²) in [5.41, 5.74) is 6.36. The molecule has 13 heavy (non-hydrogen) atoms. The zero-order valence-corrected chi connectivity index (χ0v) is 9.44. The molecule has 1 aromatic carbocycles. The number of rotatable bonds is 2. The molecule has 0 unspecified atom stereocenters. The van der Waals surface area contributed by atoms with Crippen LogP contribution in [0.4, 0.5) is 5.69 Å². The fourth-order valence-electron chi connectivity index (χ4n) is 0.829. The minimum atomic E-state index is 0.744. The number of hydrogen-bond acceptors (Lipinski definition) is 3. The molecule has 0 aliphatic heterocycles. The Labute approximate surface area is 84.5 Å². The van der Waals surface area contributed by atoms with E-state index >= 15 is 0 Å². The summed E-state index contributed by atoms with van der Waals surface area (Å²) in [7, 11) is 1.64. The van der Waals surface area contributed by atoms with Crippen molar-refractivity contribution in [1.29, 1.82) is 0 Å². The monoisotopic (exact) mass is 199 g/mol. The van der Waals surface area contributed by atoms with Crippen LogP contribution in [0.2, 0.25) is 0 Å². The smallest absolute Gasteiger partial charge is 0.122 e. The fourth-order valence-corrected chi connectivity index (χ4v) is 1.32. The Bertz CT molecular complexity index is 228. The van der Waals surface area contributed by atoms with E-state index in [0.29, 0.717) is 0 Å². The molecule has 0 aromatic heterocycles. The molecule has 0 saturated heterocycles. The Kier molecular flexibility index (Phi) is 6.24. The number of anilines is 1. The standard InChI is InChI=1S/C8H11NOS.C2H6/c1-10-7-3-6(9)4-8(5-7)11-2;1-2/h3-5H,9H2,1-2H3;1-2H3. The Morgan fingerprint density at radius 2 is 1.85 bits per heavy atom. The molecule has 0 amide bonds. The third kappa shape index (κ3) is 4.08. The van der Waals surface area contributed by atoms with E-state index in [0.717, 1.165) is 16.3 Å². The van der Waals surface area contributed by atoms with Gasteiger partial charge in [-0.3, -0.25) is 0 Å². The highest BCUT2D eigenvalue weighted by Crippen LogP contribution is 2.24. The molecule has 0 spiro atoms. The Morgan fingerprint density at radius 1 is 1.23 bits per heavy atom. The topological polar surface area (TPSA) is 35.2 Å². The first-order chi connectivity index (χ1) is 6.26. The highest BCUT2D eigenvalue weighted by Gasteiger charge is 1.96. The van der Waals surface area contributed by atoms with Gasteiger partial charge in [-0.2, -0.15) is 0 Å². The average Bonchev–Trinajstić information content (AvgIpc) is 2.20. The summed E-state index contributed by atoms with van der Waals surface area (Å²) in [5.74, 6) is 0.814. The third-order valence-electron chi connectivity index (χ3n) is 1.37. The molecule has 3 heteroatoms. The van der Waals surface area contributed by atoms with Crippen LogP contribution in [0, 0.1) is 0 Å². The number of hydrogen-bond donors (Lipinski definition) is 1. The van der Waals surface area contributed by atoms with Gasteiger partial charge in [-0.05, 0) is 18.4 Å². The van der Waals surface area contributed by atoms with Crippen LogP contribution in [0.15, 0.2) is 23.1 Å². The predicted octanol–water partition coefficient (Wildman–Crippen LogP) is 3.03. The number of methoxy groups -OCH3 is 1. The first-order valence-corrected chi connectivity index (χ1v) is 5.47. The molecular formula is C10H17NOS. The number of nitrogen functional groups attached to an aromatic ring is 1. The lowest BCUT2D eigenvalue weighted by molar-refractivity contribution is 0.414. The second-order valence-electron chi connectivity index (χ2n) is 2.15. The minimum Gasteiger partial charge on any atom is -0.497 e. The zero-order valence-electron chi connectivity index (χ0n) is 8.63. The van der Waals surface area contributed by atoms with Gasteiger partial charge in [-0.15, -0.1) is 11.8 Å². The summed E-state index contributed by atoms with van der Waals surface area (Å²) in [6.45, 7) is 4.00. The molecular weight excluding hydrogens is 182 g/mol. The lowest BCUT2D eigenvalue weighted by Gasteiger charge is -2.03. The second-order valence-corrected chi connectivity index (χ2v) is 3.03. The van der Waals surface area contributed by atoms with Crippen molar-refractivity contribution in [2.24, 2.45) is 0 Å². The summed E-state index contributed by atoms with van der Waals surface area (Å²) in [5, 5.41) is 0. The number of benzene rings is 1. The normalized spacial score (nSPS) is 8.62. The minimum absolute atomic E-state index is 0.744. The Balaban J connectivity index is 0.000000671. The fraction of sp³-hybridized carbons (Fsp3) is 0.400. The molecule has 0 aliphatic carbocycles. The number of thioether (sulfide) groups is 1. The molecule has 2 nitrogen and oxygen atoms in total. The molecule has 0 saturated carbocycles. The van der Waals surface area contributed by atoms with Gasteiger partial charge in [0, 0.05) is 16.6 Å². The first-order valence-electron chi connectivity index (χ1n) is 4.25. The van der Waals surface area contributed by atoms with Crippen LogP contribution in [-0.2, 0) is 0 Å². The van der Waals surface area contributed by atoms with E-state index in [1.54, 1.807) is 24.9 Å². The van der Waals surface area contributed by atoms with Crippen molar-refractivity contribution >= 4 is 17.4 Å². The van der Waals surface area contributed by atoms with Gasteiger partial charge in [0.1, 0.15) is 5.75 Å². The molecule has 1 aromatic rings. The van der Waals surface area contributed by atoms with E-state index in [-0.39, 0.29) is 0 Å². The van der Waals surface area contributed by atoms with Crippen LogP contribution in [0.3, 0.4) is 0 Å². The van der Waals surface area contributed by atoms with Crippen LogP contribution in [0.25, 0.3) is 0 Å². The van der Waals surface area contributed by atoms with Gasteiger partial charge in [-0.1, -0.05) is 13.8 Å². The third-order valence-corrected chi connectivity index (χ3v) is 2.08. The first kappa shape index (κ1) is 12.2. The maximum Gasteiger partial charge on any atom is 0.122 e. The van der Waals surface area contributed by atoms with Gasteiger partial charge >= 0.3 is 0 Å². The molecule has 74 valence electrons. The highest BCUT2D eigenvalue weighted by atomic mass is 32.2. The van der Waals surface area contributed by atoms with Crippen molar-refractivity contribution in [1.82, 2.24) is 0 Å². The van der Waals surface area contributed by atoms with Crippen LogP contribution in [0.1, 0.15) is 13.8 Å². The molecule has 0 fully saturated rings. The van der Waals surface area contributed by atoms with Crippen molar-refractivity contribution < 1.29 is 4.74 Å². The SMILES string of the molecule is CC.COc1cc(N)cc(SC)c1. The predicted molar refractivity (Wildman–Crippen MR) is 60.5 cm³/mol. The highest BCUT2D eigenvalue weighted by molar-refractivity contribution is 7.98. The largest absolute Gasteiger partial charge is 0.497 e. The van der Waals surface area contributed by atoms with Gasteiger partial charge in [-0.25, -0.2) is 0 Å². The molecule has 0 aliphatic rings. The Morgan fingerprint density at radius 3 is 2.31 bits per heavy atom. The molecule has 0 heterocycles. The zero-order chi connectivity index (χ0) is 10.3. The number of nitrogens with two attached hydrogens (primary N) is 1. The molecule has 0 atom stereocenters. The van der Waals surface area contributed by atoms with Crippen molar-refractivity contribution in [2.75, 3.05) is 19.1 Å². The van der Waals surface area contributed by atoms with Crippen LogP contribution in [0.5, 0.6) is 5.75 Å². The van der Waals surface area contributed by atoms with Crippen LogP contribution < -0.4 is 10.5 Å². The van der Waals surface area contributed by atoms with Crippen molar-refractivity contribution in [3.63, 3.8) is 0 Å². The van der Waals surface area contributed by atoms with E-state index < -0.39 is 0 Å². The van der Waals surface area contributed by atoms with Gasteiger partial charge < -0.3 is 10.5 Å². The van der Waals surface area contributed by atoms with E-state index in [2.05, 4.69) is 0 Å². The Hall–Kier alpha value is -0.830. The summed E-state index contributed by atoms with van der Waals surface area (Å²) < 4.78 is 5.04. The molecule has 0 bridgehead atoms. The van der Waals surface area contributed by atoms with Crippen LogP contribution in [-0.4, -0.2) is 13.4 Å². The lowest BCUT2D eigenvalue weighted by atomic mass is 10.3. The van der Waals surface area contributed by atoms with Crippen molar-refractivity contribution in [3.8, 4) is 5.75 Å². The maximum atomic E-state index is 5.62. The number of ether oxygens (including phenoxy) is 1. The van der Waals surface area contributed by atoms with E-state index in [9.17, 15) is 0 Å². The van der Waals surface area contributed by atoms with E-state index in [1.807, 2.05) is 32.2 Å². The van der Waals surface area contributed by atoms with Gasteiger partial charge in [0.15, 0.2) is 0 Å². The second kappa shape index (κ2) is 6.66. The van der Waals surface area contributed by atoms with Crippen LogP contribution >= 0.6 is 11.8 Å². The summed E-state index contributed by atoms with van der Waals surface area (Å²) >= 11 is 1.65. The average molecular weight is 199 g/mol. The summed E-state index contributed by atoms with van der Waals surface area (Å²) in [6.07, 6.45) is 2.01. The molecule has 0 radical (unpaired) electrons. The van der Waals surface area contributed by atoms with Crippen molar-refractivity contribution in [2.45, 2.75) is 18.7 Å².